The van der Waals surface area contributed by atoms with E-state index in [4.69, 9.17) is 18.0 Å². The van der Waals surface area contributed by atoms with E-state index in [-0.39, 0.29) is 0 Å². The molecule has 2 aromatic carbocycles. The highest BCUT2D eigenvalue weighted by Crippen LogP contribution is 2.20. The Morgan fingerprint density at radius 3 is 2.55 bits per heavy atom. The van der Waals surface area contributed by atoms with Gasteiger partial charge < -0.3 is 10.3 Å². The van der Waals surface area contributed by atoms with Crippen molar-refractivity contribution < 1.29 is 0 Å². The first-order chi connectivity index (χ1) is 9.63. The van der Waals surface area contributed by atoms with Crippen LogP contribution in [0.15, 0.2) is 59.2 Å². The minimum atomic E-state index is 0.438. The van der Waals surface area contributed by atoms with Crippen molar-refractivity contribution in [1.82, 2.24) is 4.57 Å². The lowest BCUT2D eigenvalue weighted by Gasteiger charge is -2.06. The van der Waals surface area contributed by atoms with Crippen molar-refractivity contribution in [3.8, 4) is 0 Å². The Labute approximate surface area is 131 Å². The first-order valence-electron chi connectivity index (χ1n) is 6.26. The van der Waals surface area contributed by atoms with Crippen molar-refractivity contribution in [1.29, 1.82) is 0 Å². The molecule has 0 aliphatic heterocycles. The number of nitrogens with two attached hydrogens (primary N) is 1. The van der Waals surface area contributed by atoms with Gasteiger partial charge in [-0.1, -0.05) is 40.3 Å². The SMILES string of the molecule is NC(=S)c1ccc2c(ccn2Cc2ccc(Br)cc2)c1. The Kier molecular flexibility index (Phi) is 3.59. The normalized spacial score (nSPS) is 10.8. The van der Waals surface area contributed by atoms with E-state index in [1.54, 1.807) is 0 Å². The summed E-state index contributed by atoms with van der Waals surface area (Å²) >= 11 is 8.47. The van der Waals surface area contributed by atoms with Gasteiger partial charge >= 0.3 is 0 Å². The van der Waals surface area contributed by atoms with Crippen molar-refractivity contribution in [3.63, 3.8) is 0 Å². The second-order valence-corrected chi connectivity index (χ2v) is 6.06. The van der Waals surface area contributed by atoms with Gasteiger partial charge in [-0.05, 0) is 42.0 Å². The van der Waals surface area contributed by atoms with Crippen molar-refractivity contribution in [2.45, 2.75) is 6.54 Å². The molecule has 2 nitrogen and oxygen atoms in total. The molecule has 0 atom stereocenters. The molecule has 20 heavy (non-hydrogen) atoms. The number of aromatic nitrogens is 1. The number of hydrogen-bond donors (Lipinski definition) is 1. The van der Waals surface area contributed by atoms with Gasteiger partial charge in [0.15, 0.2) is 0 Å². The van der Waals surface area contributed by atoms with E-state index in [2.05, 4.69) is 63.1 Å². The van der Waals surface area contributed by atoms with Crippen LogP contribution in [0.2, 0.25) is 0 Å². The summed E-state index contributed by atoms with van der Waals surface area (Å²) < 4.78 is 3.32. The van der Waals surface area contributed by atoms with Crippen LogP contribution in [0.25, 0.3) is 10.9 Å². The molecule has 0 aliphatic rings. The largest absolute Gasteiger partial charge is 0.389 e. The maximum Gasteiger partial charge on any atom is 0.104 e. The van der Waals surface area contributed by atoms with Crippen LogP contribution >= 0.6 is 28.1 Å². The molecule has 0 saturated heterocycles. The fourth-order valence-corrected chi connectivity index (χ4v) is 2.67. The van der Waals surface area contributed by atoms with E-state index < -0.39 is 0 Å². The molecule has 0 saturated carbocycles. The number of halogens is 1. The van der Waals surface area contributed by atoms with E-state index in [1.807, 2.05) is 12.1 Å². The zero-order valence-electron chi connectivity index (χ0n) is 10.7. The van der Waals surface area contributed by atoms with Crippen LogP contribution < -0.4 is 5.73 Å². The van der Waals surface area contributed by atoms with Crippen LogP contribution in [0, 0.1) is 0 Å². The fraction of sp³-hybridized carbons (Fsp3) is 0.0625. The van der Waals surface area contributed by atoms with Crippen LogP contribution in [0.4, 0.5) is 0 Å². The minimum absolute atomic E-state index is 0.438. The highest BCUT2D eigenvalue weighted by Gasteiger charge is 2.04. The Balaban J connectivity index is 1.96. The zero-order chi connectivity index (χ0) is 14.1. The summed E-state index contributed by atoms with van der Waals surface area (Å²) in [6, 6.07) is 16.5. The van der Waals surface area contributed by atoms with Gasteiger partial charge in [0.1, 0.15) is 4.99 Å². The Hall–Kier alpha value is -1.65. The standard InChI is InChI=1S/C16H13BrN2S/c17-14-4-1-11(2-5-14)10-19-8-7-12-9-13(16(18)20)3-6-15(12)19/h1-9H,10H2,(H2,18,20). The summed E-state index contributed by atoms with van der Waals surface area (Å²) in [6.45, 7) is 0.850. The molecule has 3 rings (SSSR count). The van der Waals surface area contributed by atoms with Gasteiger partial charge in [-0.2, -0.15) is 0 Å². The van der Waals surface area contributed by atoms with Gasteiger partial charge in [0.2, 0.25) is 0 Å². The zero-order valence-corrected chi connectivity index (χ0v) is 13.1. The molecule has 1 heterocycles. The predicted octanol–water partition coefficient (Wildman–Crippen LogP) is 4.09. The van der Waals surface area contributed by atoms with Gasteiger partial charge in [-0.15, -0.1) is 0 Å². The quantitative estimate of drug-likeness (QED) is 0.725. The summed E-state index contributed by atoms with van der Waals surface area (Å²) in [7, 11) is 0. The summed E-state index contributed by atoms with van der Waals surface area (Å²) in [5.74, 6) is 0. The summed E-state index contributed by atoms with van der Waals surface area (Å²) in [5.41, 5.74) is 9.04. The maximum absolute atomic E-state index is 5.67. The van der Waals surface area contributed by atoms with E-state index in [9.17, 15) is 0 Å². The molecule has 0 radical (unpaired) electrons. The van der Waals surface area contributed by atoms with E-state index in [1.165, 1.54) is 11.1 Å². The van der Waals surface area contributed by atoms with Crippen molar-refractivity contribution in [2.24, 2.45) is 5.73 Å². The molecule has 100 valence electrons. The molecule has 2 N–H and O–H groups in total. The lowest BCUT2D eigenvalue weighted by atomic mass is 10.1. The van der Waals surface area contributed by atoms with Gasteiger partial charge in [-0.3, -0.25) is 0 Å². The maximum atomic E-state index is 5.67. The molecule has 0 aliphatic carbocycles. The molecule has 1 aromatic heterocycles. The average Bonchev–Trinajstić information content (AvgIpc) is 2.84. The average molecular weight is 345 g/mol. The van der Waals surface area contributed by atoms with Gasteiger partial charge in [0.25, 0.3) is 0 Å². The number of nitrogens with zero attached hydrogens (tertiary/aromatic N) is 1. The van der Waals surface area contributed by atoms with Crippen molar-refractivity contribution >= 4 is 44.0 Å². The summed E-state index contributed by atoms with van der Waals surface area (Å²) in [5, 5.41) is 1.16. The molecule has 0 spiro atoms. The monoisotopic (exact) mass is 344 g/mol. The van der Waals surface area contributed by atoms with Crippen LogP contribution in [-0.2, 0) is 6.54 Å². The smallest absolute Gasteiger partial charge is 0.104 e. The van der Waals surface area contributed by atoms with Gasteiger partial charge in [0.05, 0.1) is 0 Å². The number of rotatable bonds is 3. The number of benzene rings is 2. The predicted molar refractivity (Wildman–Crippen MR) is 91.1 cm³/mol. The van der Waals surface area contributed by atoms with Crippen molar-refractivity contribution in [2.75, 3.05) is 0 Å². The first-order valence-corrected chi connectivity index (χ1v) is 7.47. The summed E-state index contributed by atoms with van der Waals surface area (Å²) in [4.78, 5) is 0.438. The molecule has 3 aromatic rings. The minimum Gasteiger partial charge on any atom is -0.389 e. The third-order valence-corrected chi connectivity index (χ3v) is 4.09. The number of thiocarbonyl (C=S) groups is 1. The van der Waals surface area contributed by atoms with Crippen LogP contribution in [0.3, 0.4) is 0 Å². The molecule has 0 fully saturated rings. The molecule has 0 unspecified atom stereocenters. The number of fused-ring (bicyclic) bond motifs is 1. The van der Waals surface area contributed by atoms with E-state index in [0.29, 0.717) is 4.99 Å². The molecule has 0 bridgehead atoms. The van der Waals surface area contributed by atoms with Crippen LogP contribution in [0.5, 0.6) is 0 Å². The molecule has 0 amide bonds. The lowest BCUT2D eigenvalue weighted by molar-refractivity contribution is 0.837. The second kappa shape index (κ2) is 5.38. The Morgan fingerprint density at radius 2 is 1.85 bits per heavy atom. The van der Waals surface area contributed by atoms with E-state index >= 15 is 0 Å². The van der Waals surface area contributed by atoms with E-state index in [0.717, 1.165) is 22.0 Å². The molecular formula is C16H13BrN2S. The van der Waals surface area contributed by atoms with Crippen molar-refractivity contribution in [3.05, 3.63) is 70.3 Å². The highest BCUT2D eigenvalue weighted by atomic mass is 79.9. The fourth-order valence-electron chi connectivity index (χ4n) is 2.28. The topological polar surface area (TPSA) is 30.9 Å². The third-order valence-electron chi connectivity index (χ3n) is 3.32. The Bertz CT molecular complexity index is 775. The highest BCUT2D eigenvalue weighted by molar-refractivity contribution is 9.10. The van der Waals surface area contributed by atoms with Gasteiger partial charge in [-0.25, -0.2) is 0 Å². The summed E-state index contributed by atoms with van der Waals surface area (Å²) in [6.07, 6.45) is 2.09. The second-order valence-electron chi connectivity index (χ2n) is 4.71. The lowest BCUT2D eigenvalue weighted by Crippen LogP contribution is -2.08. The molecule has 4 heteroatoms. The molecular weight excluding hydrogens is 332 g/mol. The Morgan fingerprint density at radius 1 is 1.10 bits per heavy atom. The number of hydrogen-bond acceptors (Lipinski definition) is 1. The third kappa shape index (κ3) is 2.62. The first kappa shape index (κ1) is 13.3. The van der Waals surface area contributed by atoms with Crippen LogP contribution in [0.1, 0.15) is 11.1 Å². The van der Waals surface area contributed by atoms with Crippen LogP contribution in [-0.4, -0.2) is 9.56 Å². The van der Waals surface area contributed by atoms with Gasteiger partial charge in [0, 0.05) is 33.7 Å².